The molecule has 1 aromatic heterocycles. The molecule has 1 heterocycles. The van der Waals surface area contributed by atoms with Crippen molar-refractivity contribution >= 4 is 5.95 Å². The maximum atomic E-state index is 4.75. The fraction of sp³-hybridized carbons (Fsp3) is 0.765. The maximum absolute atomic E-state index is 4.75. The molecule has 2 aliphatic carbocycles. The fourth-order valence-electron chi connectivity index (χ4n) is 3.17. The second kappa shape index (κ2) is 6.73. The van der Waals surface area contributed by atoms with Crippen LogP contribution in [0.25, 0.3) is 0 Å². The lowest BCUT2D eigenvalue weighted by Gasteiger charge is -2.27. The molecule has 1 N–H and O–H groups in total. The first-order valence-electron chi connectivity index (χ1n) is 8.53. The lowest BCUT2D eigenvalue weighted by atomic mass is 10.1. The number of nitrogens with one attached hydrogen (secondary N) is 1. The highest BCUT2D eigenvalue weighted by Crippen LogP contribution is 2.24. The van der Waals surface area contributed by atoms with Crippen molar-refractivity contribution in [3.8, 4) is 0 Å². The third-order valence-electron chi connectivity index (χ3n) is 4.91. The summed E-state index contributed by atoms with van der Waals surface area (Å²) in [4.78, 5) is 11.7. The molecule has 0 aliphatic heterocycles. The van der Waals surface area contributed by atoms with Gasteiger partial charge in [-0.15, -0.1) is 0 Å². The summed E-state index contributed by atoms with van der Waals surface area (Å²) in [6.45, 7) is 3.01. The molecule has 0 bridgehead atoms. The van der Waals surface area contributed by atoms with Gasteiger partial charge >= 0.3 is 0 Å². The Morgan fingerprint density at radius 3 is 2.48 bits per heavy atom. The van der Waals surface area contributed by atoms with Crippen LogP contribution in [-0.2, 0) is 6.54 Å². The Bertz CT molecular complexity index is 462. The van der Waals surface area contributed by atoms with E-state index >= 15 is 0 Å². The number of aromatic nitrogens is 2. The van der Waals surface area contributed by atoms with Crippen molar-refractivity contribution in [1.82, 2.24) is 15.3 Å². The second-order valence-corrected chi connectivity index (χ2v) is 6.69. The number of hydrogen-bond donors (Lipinski definition) is 1. The predicted molar refractivity (Wildman–Crippen MR) is 86.5 cm³/mol. The minimum atomic E-state index is 0.613. The Labute approximate surface area is 128 Å². The van der Waals surface area contributed by atoms with Gasteiger partial charge in [-0.2, -0.15) is 0 Å². The van der Waals surface area contributed by atoms with Crippen LogP contribution in [0.3, 0.4) is 0 Å². The summed E-state index contributed by atoms with van der Waals surface area (Å²) < 4.78 is 0. The third-order valence-corrected chi connectivity index (χ3v) is 4.91. The molecule has 2 fully saturated rings. The van der Waals surface area contributed by atoms with Gasteiger partial charge in [0.2, 0.25) is 5.95 Å². The van der Waals surface area contributed by atoms with E-state index in [4.69, 9.17) is 4.98 Å². The molecule has 1 aromatic rings. The van der Waals surface area contributed by atoms with Gasteiger partial charge in [-0.25, -0.2) is 9.97 Å². The molecular formula is C17H28N4. The van der Waals surface area contributed by atoms with Crippen LogP contribution in [0.2, 0.25) is 0 Å². The van der Waals surface area contributed by atoms with Crippen LogP contribution in [0.4, 0.5) is 5.95 Å². The molecule has 0 atom stereocenters. The van der Waals surface area contributed by atoms with E-state index in [1.54, 1.807) is 0 Å². The highest BCUT2D eigenvalue weighted by atomic mass is 15.2. The fourth-order valence-corrected chi connectivity index (χ4v) is 3.17. The standard InChI is InChI=1S/C17H28N4/c1-13-14(11-18-15-9-10-15)12-19-17(20-13)21(2)16-7-5-3-4-6-8-16/h12,15-16,18H,3-11H2,1-2H3. The topological polar surface area (TPSA) is 41.1 Å². The third kappa shape index (κ3) is 3.94. The first-order valence-corrected chi connectivity index (χ1v) is 8.53. The van der Waals surface area contributed by atoms with E-state index in [1.807, 2.05) is 6.20 Å². The van der Waals surface area contributed by atoms with Crippen molar-refractivity contribution in [2.75, 3.05) is 11.9 Å². The molecule has 3 rings (SSSR count). The molecule has 0 aromatic carbocycles. The van der Waals surface area contributed by atoms with Gasteiger partial charge < -0.3 is 10.2 Å². The number of anilines is 1. The second-order valence-electron chi connectivity index (χ2n) is 6.69. The monoisotopic (exact) mass is 288 g/mol. The molecule has 21 heavy (non-hydrogen) atoms. The van der Waals surface area contributed by atoms with Crippen LogP contribution in [0.1, 0.15) is 62.6 Å². The zero-order valence-corrected chi connectivity index (χ0v) is 13.4. The summed E-state index contributed by atoms with van der Waals surface area (Å²) in [5.41, 5.74) is 2.36. The Morgan fingerprint density at radius 1 is 1.14 bits per heavy atom. The molecule has 0 unspecified atom stereocenters. The van der Waals surface area contributed by atoms with Crippen molar-refractivity contribution in [2.45, 2.75) is 76.9 Å². The van der Waals surface area contributed by atoms with Gasteiger partial charge in [-0.3, -0.25) is 0 Å². The number of hydrogen-bond acceptors (Lipinski definition) is 4. The van der Waals surface area contributed by atoms with Gasteiger partial charge in [0, 0.05) is 43.1 Å². The maximum Gasteiger partial charge on any atom is 0.225 e. The van der Waals surface area contributed by atoms with E-state index in [2.05, 4.69) is 29.2 Å². The first kappa shape index (κ1) is 14.8. The molecule has 0 amide bonds. The predicted octanol–water partition coefficient (Wildman–Crippen LogP) is 3.20. The normalized spacial score (nSPS) is 20.3. The summed E-state index contributed by atoms with van der Waals surface area (Å²) >= 11 is 0. The zero-order valence-electron chi connectivity index (χ0n) is 13.4. The van der Waals surface area contributed by atoms with Crippen molar-refractivity contribution in [3.05, 3.63) is 17.5 Å². The van der Waals surface area contributed by atoms with Crippen LogP contribution >= 0.6 is 0 Å². The molecule has 2 saturated carbocycles. The lowest BCUT2D eigenvalue weighted by molar-refractivity contribution is 0.543. The van der Waals surface area contributed by atoms with E-state index in [0.29, 0.717) is 6.04 Å². The summed E-state index contributed by atoms with van der Waals surface area (Å²) in [5.74, 6) is 0.898. The van der Waals surface area contributed by atoms with Gasteiger partial charge in [0.25, 0.3) is 0 Å². The van der Waals surface area contributed by atoms with Crippen LogP contribution in [0.15, 0.2) is 6.20 Å². The van der Waals surface area contributed by atoms with E-state index in [1.165, 1.54) is 56.9 Å². The van der Waals surface area contributed by atoms with Crippen LogP contribution in [-0.4, -0.2) is 29.1 Å². The molecule has 0 spiro atoms. The van der Waals surface area contributed by atoms with Gasteiger partial charge in [-0.1, -0.05) is 25.7 Å². The molecule has 2 aliphatic rings. The van der Waals surface area contributed by atoms with Gasteiger partial charge in [0.15, 0.2) is 0 Å². The van der Waals surface area contributed by atoms with E-state index in [9.17, 15) is 0 Å². The summed E-state index contributed by atoms with van der Waals surface area (Å²) in [7, 11) is 2.16. The molecule has 4 heteroatoms. The number of aryl methyl sites for hydroxylation is 1. The average molecular weight is 288 g/mol. The van der Waals surface area contributed by atoms with Crippen LogP contribution in [0.5, 0.6) is 0 Å². The van der Waals surface area contributed by atoms with Crippen molar-refractivity contribution < 1.29 is 0 Å². The van der Waals surface area contributed by atoms with Crippen LogP contribution in [0, 0.1) is 6.92 Å². The Morgan fingerprint density at radius 2 is 1.86 bits per heavy atom. The zero-order chi connectivity index (χ0) is 14.7. The van der Waals surface area contributed by atoms with Crippen molar-refractivity contribution in [1.29, 1.82) is 0 Å². The average Bonchev–Trinajstić information content (AvgIpc) is 3.32. The highest BCUT2D eigenvalue weighted by molar-refractivity contribution is 5.33. The Kier molecular flexibility index (Phi) is 4.73. The quantitative estimate of drug-likeness (QED) is 0.845. The molecule has 0 radical (unpaired) electrons. The van der Waals surface area contributed by atoms with E-state index < -0.39 is 0 Å². The lowest BCUT2D eigenvalue weighted by Crippen LogP contribution is -2.32. The first-order chi connectivity index (χ1) is 10.2. The van der Waals surface area contributed by atoms with E-state index in [0.717, 1.165) is 24.2 Å². The number of rotatable bonds is 5. The van der Waals surface area contributed by atoms with Crippen LogP contribution < -0.4 is 10.2 Å². The smallest absolute Gasteiger partial charge is 0.225 e. The highest BCUT2D eigenvalue weighted by Gasteiger charge is 2.22. The minimum absolute atomic E-state index is 0.613. The minimum Gasteiger partial charge on any atom is -0.341 e. The molecule has 0 saturated heterocycles. The Balaban J connectivity index is 1.64. The van der Waals surface area contributed by atoms with Crippen molar-refractivity contribution in [3.63, 3.8) is 0 Å². The van der Waals surface area contributed by atoms with Gasteiger partial charge in [0.1, 0.15) is 0 Å². The molecule has 116 valence electrons. The summed E-state index contributed by atoms with van der Waals surface area (Å²) in [5, 5.41) is 3.54. The van der Waals surface area contributed by atoms with Gasteiger partial charge in [-0.05, 0) is 32.6 Å². The van der Waals surface area contributed by atoms with E-state index in [-0.39, 0.29) is 0 Å². The molecular weight excluding hydrogens is 260 g/mol. The summed E-state index contributed by atoms with van der Waals surface area (Å²) in [6, 6.07) is 1.35. The SMILES string of the molecule is Cc1nc(N(C)C2CCCCCC2)ncc1CNC1CC1. The van der Waals surface area contributed by atoms with Crippen molar-refractivity contribution in [2.24, 2.45) is 0 Å². The molecule has 4 nitrogen and oxygen atoms in total. The largest absolute Gasteiger partial charge is 0.341 e. The Hall–Kier alpha value is -1.16. The van der Waals surface area contributed by atoms with Gasteiger partial charge in [0.05, 0.1) is 0 Å². The summed E-state index contributed by atoms with van der Waals surface area (Å²) in [6.07, 6.45) is 12.7. The number of nitrogens with zero attached hydrogens (tertiary/aromatic N) is 3.